The molecule has 0 saturated carbocycles. The molecule has 1 aromatic carbocycles. The number of amides is 1. The van der Waals surface area contributed by atoms with E-state index in [-0.39, 0.29) is 11.7 Å². The van der Waals surface area contributed by atoms with Crippen LogP contribution in [0.2, 0.25) is 0 Å². The predicted molar refractivity (Wildman–Crippen MR) is 84.2 cm³/mol. The third kappa shape index (κ3) is 3.24. The van der Waals surface area contributed by atoms with Crippen LogP contribution in [-0.4, -0.2) is 40.1 Å². The highest BCUT2D eigenvalue weighted by Crippen LogP contribution is 2.29. The molecule has 0 radical (unpaired) electrons. The summed E-state index contributed by atoms with van der Waals surface area (Å²) >= 11 is 0. The van der Waals surface area contributed by atoms with Gasteiger partial charge < -0.3 is 19.2 Å². The number of para-hydroxylation sites is 1. The molecule has 126 valence electrons. The van der Waals surface area contributed by atoms with Crippen LogP contribution in [-0.2, 0) is 6.42 Å². The van der Waals surface area contributed by atoms with Crippen LogP contribution < -0.4 is 4.74 Å². The molecular formula is C17H18N2O5. The molecule has 7 heteroatoms. The molecule has 1 fully saturated rings. The molecule has 1 saturated heterocycles. The summed E-state index contributed by atoms with van der Waals surface area (Å²) in [5.74, 6) is -0.490. The number of likely N-dealkylation sites (tertiary alicyclic amines) is 1. The minimum atomic E-state index is -1.12. The first kappa shape index (κ1) is 16.0. The first-order valence-corrected chi connectivity index (χ1v) is 7.83. The predicted octanol–water partition coefficient (Wildman–Crippen LogP) is 2.92. The normalized spacial score (nSPS) is 17.0. The molecule has 0 bridgehead atoms. The van der Waals surface area contributed by atoms with Gasteiger partial charge in [-0.15, -0.1) is 0 Å². The summed E-state index contributed by atoms with van der Waals surface area (Å²) < 4.78 is 10.7. The number of carboxylic acid groups (broad SMARTS) is 1. The molecule has 1 aliphatic heterocycles. The van der Waals surface area contributed by atoms with E-state index in [0.29, 0.717) is 43.3 Å². The highest BCUT2D eigenvalue weighted by Gasteiger charge is 2.33. The molecule has 1 aromatic heterocycles. The topological polar surface area (TPSA) is 92.9 Å². The second kappa shape index (κ2) is 6.74. The van der Waals surface area contributed by atoms with Crippen LogP contribution >= 0.6 is 0 Å². The van der Waals surface area contributed by atoms with Crippen molar-refractivity contribution in [2.24, 2.45) is 0 Å². The summed E-state index contributed by atoms with van der Waals surface area (Å²) in [7, 11) is 0. The average Bonchev–Trinajstić information content (AvgIpc) is 3.22. The zero-order valence-corrected chi connectivity index (χ0v) is 13.3. The van der Waals surface area contributed by atoms with E-state index in [2.05, 4.69) is 4.98 Å². The fourth-order valence-corrected chi connectivity index (χ4v) is 2.73. The molecule has 3 rings (SSSR count). The number of carbonyl (C=O) groups excluding carboxylic acids is 1. The van der Waals surface area contributed by atoms with E-state index in [1.807, 2.05) is 13.0 Å². The van der Waals surface area contributed by atoms with Gasteiger partial charge >= 0.3 is 12.1 Å². The third-order valence-corrected chi connectivity index (χ3v) is 3.99. The number of aromatic nitrogens is 1. The monoisotopic (exact) mass is 330 g/mol. The summed E-state index contributed by atoms with van der Waals surface area (Å²) in [5.41, 5.74) is 0.433. The minimum absolute atomic E-state index is 0.113. The van der Waals surface area contributed by atoms with Gasteiger partial charge in [0.15, 0.2) is 0 Å². The van der Waals surface area contributed by atoms with Crippen molar-refractivity contribution >= 4 is 12.1 Å². The van der Waals surface area contributed by atoms with Crippen molar-refractivity contribution in [3.05, 3.63) is 47.7 Å². The van der Waals surface area contributed by atoms with Crippen molar-refractivity contribution in [3.8, 4) is 5.75 Å². The van der Waals surface area contributed by atoms with E-state index >= 15 is 0 Å². The average molecular weight is 330 g/mol. The lowest BCUT2D eigenvalue weighted by Crippen LogP contribution is -2.31. The second-order valence-electron chi connectivity index (χ2n) is 5.60. The maximum atomic E-state index is 12.2. The van der Waals surface area contributed by atoms with Crippen molar-refractivity contribution in [2.75, 3.05) is 13.1 Å². The zero-order chi connectivity index (χ0) is 17.1. The van der Waals surface area contributed by atoms with E-state index < -0.39 is 12.1 Å². The first-order valence-electron chi connectivity index (χ1n) is 7.83. The van der Waals surface area contributed by atoms with Gasteiger partial charge in [0.05, 0.1) is 11.6 Å². The highest BCUT2D eigenvalue weighted by atomic mass is 16.6. The summed E-state index contributed by atoms with van der Waals surface area (Å²) in [5, 5.41) is 9.14. The fourth-order valence-electron chi connectivity index (χ4n) is 2.73. The Morgan fingerprint density at radius 3 is 2.75 bits per heavy atom. The first-order chi connectivity index (χ1) is 11.6. The Morgan fingerprint density at radius 2 is 2.12 bits per heavy atom. The third-order valence-electron chi connectivity index (χ3n) is 3.99. The van der Waals surface area contributed by atoms with E-state index in [9.17, 15) is 9.59 Å². The molecule has 0 spiro atoms. The lowest BCUT2D eigenvalue weighted by atomic mass is 10.1. The number of hydrogen-bond donors (Lipinski definition) is 1. The summed E-state index contributed by atoms with van der Waals surface area (Å²) in [6, 6.07) is 8.86. The van der Waals surface area contributed by atoms with E-state index in [1.54, 1.807) is 29.2 Å². The molecule has 1 aliphatic rings. The molecule has 24 heavy (non-hydrogen) atoms. The van der Waals surface area contributed by atoms with Crippen molar-refractivity contribution in [1.82, 2.24) is 9.88 Å². The molecule has 2 aromatic rings. The van der Waals surface area contributed by atoms with Gasteiger partial charge in [-0.05, 0) is 25.0 Å². The fraction of sp³-hybridized carbons (Fsp3) is 0.353. The van der Waals surface area contributed by atoms with Gasteiger partial charge in [0.1, 0.15) is 5.75 Å². The number of nitrogens with zero attached hydrogens (tertiary/aromatic N) is 2. The van der Waals surface area contributed by atoms with Gasteiger partial charge in [0.25, 0.3) is 0 Å². The van der Waals surface area contributed by atoms with Crippen LogP contribution in [0.1, 0.15) is 41.4 Å². The molecule has 1 amide bonds. The van der Waals surface area contributed by atoms with Crippen molar-refractivity contribution < 1.29 is 23.8 Å². The number of ether oxygens (including phenoxy) is 1. The van der Waals surface area contributed by atoms with Crippen molar-refractivity contribution in [3.63, 3.8) is 0 Å². The van der Waals surface area contributed by atoms with Crippen LogP contribution in [0.5, 0.6) is 5.75 Å². The largest absolute Gasteiger partial charge is 0.475 e. The Labute approximate surface area is 138 Å². The van der Waals surface area contributed by atoms with Crippen LogP contribution in [0.15, 0.2) is 34.7 Å². The number of carbonyl (C=O) groups is 2. The molecule has 1 atom stereocenters. The van der Waals surface area contributed by atoms with Gasteiger partial charge in [-0.2, -0.15) is 0 Å². The van der Waals surface area contributed by atoms with Gasteiger partial charge in [0.2, 0.25) is 11.7 Å². The molecule has 1 N–H and O–H groups in total. The maximum Gasteiger partial charge on any atom is 0.415 e. The van der Waals surface area contributed by atoms with Gasteiger partial charge in [-0.3, -0.25) is 0 Å². The number of rotatable bonds is 4. The number of carboxylic acids is 1. The molecule has 1 unspecified atom stereocenters. The minimum Gasteiger partial charge on any atom is -0.475 e. The SMILES string of the molecule is CCc1nc(C2CCN(C(=O)Oc3ccccc3)C2)oc1C(=O)O. The Bertz CT molecular complexity index is 741. The number of oxazole rings is 1. The Kier molecular flexibility index (Phi) is 4.50. The van der Waals surface area contributed by atoms with Crippen LogP contribution in [0.4, 0.5) is 4.79 Å². The number of hydrogen-bond acceptors (Lipinski definition) is 5. The summed E-state index contributed by atoms with van der Waals surface area (Å²) in [6.07, 6.45) is 0.717. The lowest BCUT2D eigenvalue weighted by molar-refractivity contribution is 0.0658. The number of aryl methyl sites for hydroxylation is 1. The smallest absolute Gasteiger partial charge is 0.415 e. The molecule has 0 aliphatic carbocycles. The molecule has 2 heterocycles. The van der Waals surface area contributed by atoms with E-state index in [4.69, 9.17) is 14.3 Å². The summed E-state index contributed by atoms with van der Waals surface area (Å²) in [6.45, 7) is 2.74. The highest BCUT2D eigenvalue weighted by molar-refractivity contribution is 5.85. The Hall–Kier alpha value is -2.83. The van der Waals surface area contributed by atoms with E-state index in [0.717, 1.165) is 0 Å². The van der Waals surface area contributed by atoms with Crippen LogP contribution in [0.3, 0.4) is 0 Å². The second-order valence-corrected chi connectivity index (χ2v) is 5.60. The zero-order valence-electron chi connectivity index (χ0n) is 13.3. The van der Waals surface area contributed by atoms with Crippen LogP contribution in [0, 0.1) is 0 Å². The van der Waals surface area contributed by atoms with Gasteiger partial charge in [0, 0.05) is 13.1 Å². The van der Waals surface area contributed by atoms with Crippen molar-refractivity contribution in [2.45, 2.75) is 25.7 Å². The summed E-state index contributed by atoms with van der Waals surface area (Å²) in [4.78, 5) is 29.2. The molecular weight excluding hydrogens is 312 g/mol. The number of benzene rings is 1. The standard InChI is InChI=1S/C17H18N2O5/c1-2-13-14(16(20)21)24-15(18-13)11-8-9-19(10-11)17(22)23-12-6-4-3-5-7-12/h3-7,11H,2,8-10H2,1H3,(H,20,21). The van der Waals surface area contributed by atoms with Gasteiger partial charge in [-0.25, -0.2) is 14.6 Å². The Morgan fingerprint density at radius 1 is 1.38 bits per heavy atom. The molecule has 7 nitrogen and oxygen atoms in total. The van der Waals surface area contributed by atoms with Crippen molar-refractivity contribution in [1.29, 1.82) is 0 Å². The Balaban J connectivity index is 1.67. The van der Waals surface area contributed by atoms with Gasteiger partial charge in [-0.1, -0.05) is 25.1 Å². The van der Waals surface area contributed by atoms with E-state index in [1.165, 1.54) is 0 Å². The van der Waals surface area contributed by atoms with Crippen LogP contribution in [0.25, 0.3) is 0 Å². The lowest BCUT2D eigenvalue weighted by Gasteiger charge is -2.15. The quantitative estimate of drug-likeness (QED) is 0.926. The maximum absolute atomic E-state index is 12.2. The number of aromatic carboxylic acids is 1.